The second-order valence-electron chi connectivity index (χ2n) is 7.05. The number of H-pyrrole nitrogens is 1. The van der Waals surface area contributed by atoms with Gasteiger partial charge in [-0.3, -0.25) is 9.69 Å². The second kappa shape index (κ2) is 5.97. The van der Waals surface area contributed by atoms with E-state index < -0.39 is 0 Å². The number of pyridine rings is 1. The molecule has 5 nitrogen and oxygen atoms in total. The number of aromatic nitrogens is 1. The molecule has 1 aliphatic heterocycles. The Labute approximate surface area is 149 Å². The van der Waals surface area contributed by atoms with Crippen LogP contribution in [0.15, 0.2) is 51.7 Å². The Morgan fingerprint density at radius 2 is 1.88 bits per heavy atom. The Morgan fingerprint density at radius 3 is 2.73 bits per heavy atom. The minimum absolute atomic E-state index is 0.0962. The largest absolute Gasteiger partial charge is 0.453 e. The van der Waals surface area contributed by atoms with Crippen molar-refractivity contribution in [2.24, 2.45) is 0 Å². The molecular weight excluding hydrogens is 328 g/mol. The van der Waals surface area contributed by atoms with Crippen LogP contribution in [0.1, 0.15) is 18.4 Å². The first-order chi connectivity index (χ1) is 12.8. The third kappa shape index (κ3) is 2.28. The first-order valence-electron chi connectivity index (χ1n) is 9.06. The van der Waals surface area contributed by atoms with Gasteiger partial charge in [-0.2, -0.15) is 0 Å². The highest BCUT2D eigenvalue weighted by molar-refractivity contribution is 6.12. The monoisotopic (exact) mass is 348 g/mol. The molecule has 0 bridgehead atoms. The number of aliphatic hydroxyl groups excluding tert-OH is 1. The molecule has 1 unspecified atom stereocenters. The summed E-state index contributed by atoms with van der Waals surface area (Å²) in [6.07, 6.45) is 2.14. The van der Waals surface area contributed by atoms with Gasteiger partial charge >= 0.3 is 0 Å². The minimum atomic E-state index is -0.0962. The van der Waals surface area contributed by atoms with Crippen LogP contribution < -0.4 is 5.56 Å². The van der Waals surface area contributed by atoms with Crippen LogP contribution in [-0.4, -0.2) is 34.2 Å². The van der Waals surface area contributed by atoms with E-state index in [0.717, 1.165) is 58.9 Å². The van der Waals surface area contributed by atoms with Crippen LogP contribution in [0.3, 0.4) is 0 Å². The molecular formula is C21H20N2O3. The van der Waals surface area contributed by atoms with E-state index in [2.05, 4.69) is 16.0 Å². The van der Waals surface area contributed by atoms with E-state index in [-0.39, 0.29) is 18.2 Å². The number of benzene rings is 2. The van der Waals surface area contributed by atoms with E-state index in [1.54, 1.807) is 0 Å². The molecule has 2 aromatic heterocycles. The van der Waals surface area contributed by atoms with Crippen molar-refractivity contribution in [1.29, 1.82) is 0 Å². The fourth-order valence-corrected chi connectivity index (χ4v) is 4.20. The number of hydrogen-bond acceptors (Lipinski definition) is 4. The lowest BCUT2D eigenvalue weighted by molar-refractivity contribution is 0.153. The predicted molar refractivity (Wildman–Crippen MR) is 102 cm³/mol. The molecule has 1 aliphatic rings. The van der Waals surface area contributed by atoms with Crippen molar-refractivity contribution in [1.82, 2.24) is 9.88 Å². The number of rotatable bonds is 3. The van der Waals surface area contributed by atoms with Gasteiger partial charge in [0.05, 0.1) is 17.5 Å². The van der Waals surface area contributed by atoms with E-state index in [0.29, 0.717) is 5.39 Å². The first-order valence-corrected chi connectivity index (χ1v) is 9.06. The Hall–Kier alpha value is -2.63. The molecule has 3 heterocycles. The van der Waals surface area contributed by atoms with Crippen LogP contribution in [0.25, 0.3) is 32.8 Å². The number of para-hydroxylation sites is 1. The van der Waals surface area contributed by atoms with Gasteiger partial charge in [-0.1, -0.05) is 30.3 Å². The third-order valence-corrected chi connectivity index (χ3v) is 5.54. The van der Waals surface area contributed by atoms with Crippen molar-refractivity contribution in [2.75, 3.05) is 13.2 Å². The molecule has 0 amide bonds. The SMILES string of the molecule is O=c1[nH]c2c3cccc(CN4CCCC4CO)c3oc2c2ccccc12. The number of nitrogens with zero attached hydrogens (tertiary/aromatic N) is 1. The lowest BCUT2D eigenvalue weighted by atomic mass is 10.1. The van der Waals surface area contributed by atoms with Gasteiger partial charge in [0.2, 0.25) is 0 Å². The average Bonchev–Trinajstić information content (AvgIpc) is 3.27. The molecule has 2 N–H and O–H groups in total. The van der Waals surface area contributed by atoms with Crippen LogP contribution in [0, 0.1) is 0 Å². The zero-order valence-electron chi connectivity index (χ0n) is 14.4. The molecule has 0 radical (unpaired) electrons. The molecule has 132 valence electrons. The van der Waals surface area contributed by atoms with Crippen LogP contribution in [0.2, 0.25) is 0 Å². The zero-order chi connectivity index (χ0) is 17.7. The summed E-state index contributed by atoms with van der Waals surface area (Å²) in [5.74, 6) is 0. The number of hydrogen-bond donors (Lipinski definition) is 2. The number of fused-ring (bicyclic) bond motifs is 5. The summed E-state index contributed by atoms with van der Waals surface area (Å²) in [5, 5.41) is 12.0. The molecule has 4 aromatic rings. The smallest absolute Gasteiger partial charge is 0.256 e. The Kier molecular flexibility index (Phi) is 3.58. The van der Waals surface area contributed by atoms with Gasteiger partial charge in [-0.15, -0.1) is 0 Å². The van der Waals surface area contributed by atoms with E-state index in [1.807, 2.05) is 36.4 Å². The minimum Gasteiger partial charge on any atom is -0.453 e. The fraction of sp³-hybridized carbons (Fsp3) is 0.286. The van der Waals surface area contributed by atoms with Gasteiger partial charge < -0.3 is 14.5 Å². The molecule has 5 rings (SSSR count). The van der Waals surface area contributed by atoms with E-state index >= 15 is 0 Å². The summed E-state index contributed by atoms with van der Waals surface area (Å²) < 4.78 is 6.27. The number of furan rings is 1. The predicted octanol–water partition coefficient (Wildman–Crippen LogP) is 3.38. The molecule has 0 spiro atoms. The lowest BCUT2D eigenvalue weighted by Gasteiger charge is -2.22. The summed E-state index contributed by atoms with van der Waals surface area (Å²) in [6.45, 7) is 1.92. The highest BCUT2D eigenvalue weighted by atomic mass is 16.3. The van der Waals surface area contributed by atoms with Crippen molar-refractivity contribution in [3.63, 3.8) is 0 Å². The molecule has 26 heavy (non-hydrogen) atoms. The highest BCUT2D eigenvalue weighted by Crippen LogP contribution is 2.33. The van der Waals surface area contributed by atoms with Crippen LogP contribution in [0.5, 0.6) is 0 Å². The molecule has 1 saturated heterocycles. The fourth-order valence-electron chi connectivity index (χ4n) is 4.20. The number of aromatic amines is 1. The van der Waals surface area contributed by atoms with Crippen LogP contribution in [0.4, 0.5) is 0 Å². The lowest BCUT2D eigenvalue weighted by Crippen LogP contribution is -2.31. The van der Waals surface area contributed by atoms with Gasteiger partial charge in [0, 0.05) is 28.9 Å². The van der Waals surface area contributed by atoms with Gasteiger partial charge in [0.1, 0.15) is 5.58 Å². The van der Waals surface area contributed by atoms with E-state index in [4.69, 9.17) is 4.42 Å². The van der Waals surface area contributed by atoms with E-state index in [9.17, 15) is 9.90 Å². The molecule has 0 saturated carbocycles. The topological polar surface area (TPSA) is 69.5 Å². The summed E-state index contributed by atoms with van der Waals surface area (Å²) >= 11 is 0. The average molecular weight is 348 g/mol. The number of aliphatic hydroxyl groups is 1. The van der Waals surface area contributed by atoms with Gasteiger partial charge in [0.15, 0.2) is 5.58 Å². The maximum Gasteiger partial charge on any atom is 0.256 e. The molecule has 0 aliphatic carbocycles. The molecule has 5 heteroatoms. The van der Waals surface area contributed by atoms with Crippen molar-refractivity contribution in [3.05, 3.63) is 58.4 Å². The number of likely N-dealkylation sites (tertiary alicyclic amines) is 1. The van der Waals surface area contributed by atoms with Gasteiger partial charge in [0.25, 0.3) is 5.56 Å². The second-order valence-corrected chi connectivity index (χ2v) is 7.05. The summed E-state index contributed by atoms with van der Waals surface area (Å²) in [6, 6.07) is 13.8. The molecule has 1 atom stereocenters. The standard InChI is InChI=1S/C21H20N2O3/c24-12-14-6-4-10-23(14)11-13-5-3-9-17-18-20(26-19(13)17)15-7-1-2-8-16(15)21(25)22-18/h1-3,5,7-9,14,24H,4,6,10-12H2,(H,22,25). The Bertz CT molecular complexity index is 1170. The number of nitrogens with one attached hydrogen (secondary N) is 1. The Morgan fingerprint density at radius 1 is 1.08 bits per heavy atom. The molecule has 2 aromatic carbocycles. The van der Waals surface area contributed by atoms with Crippen molar-refractivity contribution in [2.45, 2.75) is 25.4 Å². The van der Waals surface area contributed by atoms with Crippen molar-refractivity contribution >= 4 is 32.8 Å². The zero-order valence-corrected chi connectivity index (χ0v) is 14.4. The maximum atomic E-state index is 12.4. The quantitative estimate of drug-likeness (QED) is 0.595. The highest BCUT2D eigenvalue weighted by Gasteiger charge is 2.25. The van der Waals surface area contributed by atoms with E-state index in [1.165, 1.54) is 0 Å². The normalized spacial score (nSPS) is 18.4. The summed E-state index contributed by atoms with van der Waals surface area (Å²) in [4.78, 5) is 17.7. The van der Waals surface area contributed by atoms with Gasteiger partial charge in [-0.25, -0.2) is 0 Å². The first kappa shape index (κ1) is 15.6. The van der Waals surface area contributed by atoms with Gasteiger partial charge in [-0.05, 0) is 31.5 Å². The van der Waals surface area contributed by atoms with Crippen LogP contribution in [-0.2, 0) is 6.54 Å². The molecule has 1 fully saturated rings. The third-order valence-electron chi connectivity index (χ3n) is 5.54. The van der Waals surface area contributed by atoms with Crippen molar-refractivity contribution < 1.29 is 9.52 Å². The van der Waals surface area contributed by atoms with Crippen LogP contribution >= 0.6 is 0 Å². The Balaban J connectivity index is 1.73. The maximum absolute atomic E-state index is 12.4. The summed E-state index contributed by atoms with van der Waals surface area (Å²) in [7, 11) is 0. The summed E-state index contributed by atoms with van der Waals surface area (Å²) in [5.41, 5.74) is 3.29. The van der Waals surface area contributed by atoms with Crippen molar-refractivity contribution in [3.8, 4) is 0 Å².